The lowest BCUT2D eigenvalue weighted by Crippen LogP contribution is -2.53. The monoisotopic (exact) mass is 316 g/mol. The van der Waals surface area contributed by atoms with Crippen LogP contribution in [0.2, 0.25) is 0 Å². The molecule has 0 radical (unpaired) electrons. The maximum atomic E-state index is 12.2. The van der Waals surface area contributed by atoms with Gasteiger partial charge in [0.1, 0.15) is 6.04 Å². The predicted molar refractivity (Wildman–Crippen MR) is 90.6 cm³/mol. The highest BCUT2D eigenvalue weighted by Gasteiger charge is 2.25. The molecule has 0 saturated carbocycles. The summed E-state index contributed by atoms with van der Waals surface area (Å²) in [7, 11) is 0. The van der Waals surface area contributed by atoms with Crippen molar-refractivity contribution in [1.82, 2.24) is 10.3 Å². The number of hydrogen-bond acceptors (Lipinski definition) is 3. The fourth-order valence-electron chi connectivity index (χ4n) is 2.52. The Morgan fingerprint density at radius 3 is 2.65 bits per heavy atom. The molecule has 0 aliphatic carbocycles. The van der Waals surface area contributed by atoms with Gasteiger partial charge in [0, 0.05) is 23.5 Å². The molecule has 23 heavy (non-hydrogen) atoms. The molecule has 6 nitrogen and oxygen atoms in total. The molecule has 2 aromatic rings. The molecular weight excluding hydrogens is 292 g/mol. The lowest BCUT2D eigenvalue weighted by molar-refractivity contribution is -0.128. The van der Waals surface area contributed by atoms with Gasteiger partial charge in [-0.2, -0.15) is 0 Å². The molecule has 2 rings (SSSR count). The molecule has 0 fully saturated rings. The number of aromatic nitrogens is 1. The van der Waals surface area contributed by atoms with E-state index >= 15 is 0 Å². The number of rotatable bonds is 7. The molecular formula is C17H24N4O2. The summed E-state index contributed by atoms with van der Waals surface area (Å²) in [4.78, 5) is 27.1. The predicted octanol–water partition coefficient (Wildman–Crippen LogP) is 1.05. The Bertz CT molecular complexity index is 695. The van der Waals surface area contributed by atoms with Gasteiger partial charge in [0.25, 0.3) is 0 Å². The zero-order valence-corrected chi connectivity index (χ0v) is 13.5. The number of carbonyl (C=O) groups is 2. The minimum Gasteiger partial charge on any atom is -0.368 e. The van der Waals surface area contributed by atoms with E-state index in [2.05, 4.69) is 10.3 Å². The summed E-state index contributed by atoms with van der Waals surface area (Å²) in [6, 6.07) is 6.35. The molecule has 0 unspecified atom stereocenters. The van der Waals surface area contributed by atoms with Crippen LogP contribution >= 0.6 is 0 Å². The maximum absolute atomic E-state index is 12.2. The minimum atomic E-state index is -0.781. The highest BCUT2D eigenvalue weighted by atomic mass is 16.2. The summed E-state index contributed by atoms with van der Waals surface area (Å²) >= 11 is 0. The van der Waals surface area contributed by atoms with Crippen molar-refractivity contribution in [2.45, 2.75) is 38.8 Å². The fraction of sp³-hybridized carbons (Fsp3) is 0.412. The van der Waals surface area contributed by atoms with Crippen molar-refractivity contribution < 1.29 is 9.59 Å². The van der Waals surface area contributed by atoms with Crippen LogP contribution in [0.1, 0.15) is 25.8 Å². The van der Waals surface area contributed by atoms with Gasteiger partial charge in [0.05, 0.1) is 6.04 Å². The van der Waals surface area contributed by atoms with Gasteiger partial charge in [-0.3, -0.25) is 9.59 Å². The Balaban J connectivity index is 2.13. The molecule has 1 aromatic carbocycles. The van der Waals surface area contributed by atoms with Crippen molar-refractivity contribution in [3.63, 3.8) is 0 Å². The molecule has 6 N–H and O–H groups in total. The third-order valence-corrected chi connectivity index (χ3v) is 4.32. The number of fused-ring (bicyclic) bond motifs is 1. The maximum Gasteiger partial charge on any atom is 0.240 e. The van der Waals surface area contributed by atoms with Crippen LogP contribution in [-0.2, 0) is 16.0 Å². The quantitative estimate of drug-likeness (QED) is 0.612. The molecule has 3 atom stereocenters. The summed E-state index contributed by atoms with van der Waals surface area (Å²) in [5, 5.41) is 3.70. The van der Waals surface area contributed by atoms with Crippen molar-refractivity contribution in [3.05, 3.63) is 36.0 Å². The topological polar surface area (TPSA) is 114 Å². The summed E-state index contributed by atoms with van der Waals surface area (Å²) in [6.45, 7) is 3.87. The fourth-order valence-corrected chi connectivity index (χ4v) is 2.52. The molecule has 0 aliphatic heterocycles. The van der Waals surface area contributed by atoms with E-state index in [1.54, 1.807) is 0 Å². The third kappa shape index (κ3) is 3.90. The van der Waals surface area contributed by atoms with Gasteiger partial charge in [-0.25, -0.2) is 0 Å². The van der Waals surface area contributed by atoms with E-state index in [0.29, 0.717) is 6.42 Å². The summed E-state index contributed by atoms with van der Waals surface area (Å²) in [6.07, 6.45) is 2.96. The summed E-state index contributed by atoms with van der Waals surface area (Å²) in [5.41, 5.74) is 13.3. The number of primary amides is 1. The first-order chi connectivity index (χ1) is 10.9. The zero-order valence-electron chi connectivity index (χ0n) is 13.5. The largest absolute Gasteiger partial charge is 0.368 e. The number of amides is 2. The van der Waals surface area contributed by atoms with E-state index < -0.39 is 18.0 Å². The Kier molecular flexibility index (Phi) is 5.39. The summed E-state index contributed by atoms with van der Waals surface area (Å²) < 4.78 is 0. The molecule has 0 bridgehead atoms. The van der Waals surface area contributed by atoms with Crippen molar-refractivity contribution >= 4 is 22.7 Å². The minimum absolute atomic E-state index is 0.0385. The average molecular weight is 316 g/mol. The van der Waals surface area contributed by atoms with Gasteiger partial charge in [-0.05, 0) is 17.5 Å². The number of aromatic amines is 1. The first kappa shape index (κ1) is 17.0. The van der Waals surface area contributed by atoms with Gasteiger partial charge < -0.3 is 21.8 Å². The van der Waals surface area contributed by atoms with E-state index in [4.69, 9.17) is 11.5 Å². The van der Waals surface area contributed by atoms with Crippen LogP contribution in [-0.4, -0.2) is 28.9 Å². The van der Waals surface area contributed by atoms with Gasteiger partial charge >= 0.3 is 0 Å². The van der Waals surface area contributed by atoms with Crippen LogP contribution in [0, 0.1) is 5.92 Å². The number of nitrogens with two attached hydrogens (primary N) is 2. The number of para-hydroxylation sites is 1. The molecule has 1 aromatic heterocycles. The lowest BCUT2D eigenvalue weighted by Gasteiger charge is -2.21. The van der Waals surface area contributed by atoms with Crippen molar-refractivity contribution in [2.75, 3.05) is 0 Å². The number of nitrogens with one attached hydrogen (secondary N) is 2. The second kappa shape index (κ2) is 7.28. The molecule has 0 aliphatic rings. The van der Waals surface area contributed by atoms with E-state index in [1.807, 2.05) is 44.3 Å². The highest BCUT2D eigenvalue weighted by molar-refractivity contribution is 5.90. The van der Waals surface area contributed by atoms with Gasteiger partial charge in [0.2, 0.25) is 11.8 Å². The van der Waals surface area contributed by atoms with Gasteiger partial charge in [-0.15, -0.1) is 0 Å². The Labute approximate surface area is 135 Å². The second-order valence-electron chi connectivity index (χ2n) is 5.94. The Hall–Kier alpha value is -2.34. The number of carbonyl (C=O) groups excluding carboxylic acids is 2. The smallest absolute Gasteiger partial charge is 0.240 e. The van der Waals surface area contributed by atoms with Crippen LogP contribution in [0.4, 0.5) is 0 Å². The van der Waals surface area contributed by atoms with Gasteiger partial charge in [-0.1, -0.05) is 38.5 Å². The summed E-state index contributed by atoms with van der Waals surface area (Å²) in [5.74, 6) is -0.875. The van der Waals surface area contributed by atoms with Crippen molar-refractivity contribution in [2.24, 2.45) is 17.4 Å². The standard InChI is InChI=1S/C17H24N4O2/c1-3-10(2)15(18)17(23)21-14(16(19)22)8-11-9-20-13-7-5-4-6-12(11)13/h4-7,9-10,14-15,20H,3,8,18H2,1-2H3,(H2,19,22)(H,21,23)/t10-,14+,15-/m1/s1. The van der Waals surface area contributed by atoms with E-state index in [1.165, 1.54) is 0 Å². The molecule has 2 amide bonds. The zero-order chi connectivity index (χ0) is 17.0. The van der Waals surface area contributed by atoms with Crippen LogP contribution in [0.5, 0.6) is 0 Å². The third-order valence-electron chi connectivity index (χ3n) is 4.32. The van der Waals surface area contributed by atoms with Crippen LogP contribution in [0.15, 0.2) is 30.5 Å². The molecule has 1 heterocycles. The first-order valence-corrected chi connectivity index (χ1v) is 7.84. The van der Waals surface area contributed by atoms with Crippen LogP contribution in [0.3, 0.4) is 0 Å². The normalized spacial score (nSPS) is 15.1. The van der Waals surface area contributed by atoms with Crippen LogP contribution < -0.4 is 16.8 Å². The number of H-pyrrole nitrogens is 1. The number of hydrogen-bond donors (Lipinski definition) is 4. The van der Waals surface area contributed by atoms with E-state index in [0.717, 1.165) is 22.9 Å². The van der Waals surface area contributed by atoms with Crippen molar-refractivity contribution in [3.8, 4) is 0 Å². The second-order valence-corrected chi connectivity index (χ2v) is 5.94. The lowest BCUT2D eigenvalue weighted by atomic mass is 9.98. The number of benzene rings is 1. The molecule has 124 valence electrons. The molecule has 6 heteroatoms. The average Bonchev–Trinajstić information content (AvgIpc) is 2.95. The Morgan fingerprint density at radius 1 is 1.30 bits per heavy atom. The first-order valence-electron chi connectivity index (χ1n) is 7.84. The van der Waals surface area contributed by atoms with E-state index in [9.17, 15) is 9.59 Å². The Morgan fingerprint density at radius 2 is 2.00 bits per heavy atom. The van der Waals surface area contributed by atoms with Crippen LogP contribution in [0.25, 0.3) is 10.9 Å². The SMILES string of the molecule is CC[C@@H](C)[C@@H](N)C(=O)N[C@@H](Cc1c[nH]c2ccccc12)C(N)=O. The van der Waals surface area contributed by atoms with Crippen molar-refractivity contribution in [1.29, 1.82) is 0 Å². The van der Waals surface area contributed by atoms with Gasteiger partial charge in [0.15, 0.2) is 0 Å². The van der Waals surface area contributed by atoms with E-state index in [-0.39, 0.29) is 11.8 Å². The molecule has 0 spiro atoms. The molecule has 0 saturated heterocycles. The highest BCUT2D eigenvalue weighted by Crippen LogP contribution is 2.19.